The van der Waals surface area contributed by atoms with E-state index in [0.29, 0.717) is 30.2 Å². The van der Waals surface area contributed by atoms with Crippen molar-refractivity contribution in [2.45, 2.75) is 6.92 Å². The van der Waals surface area contributed by atoms with Crippen LogP contribution in [0.5, 0.6) is 11.5 Å². The van der Waals surface area contributed by atoms with Gasteiger partial charge >= 0.3 is 6.03 Å². The van der Waals surface area contributed by atoms with Gasteiger partial charge in [0.2, 0.25) is 0 Å². The van der Waals surface area contributed by atoms with Crippen molar-refractivity contribution in [1.29, 1.82) is 0 Å². The molecule has 132 valence electrons. The minimum Gasteiger partial charge on any atom is -0.454 e. The topological polar surface area (TPSA) is 72.0 Å². The third-order valence-corrected chi connectivity index (χ3v) is 3.24. The molecule has 2 rings (SSSR count). The van der Waals surface area contributed by atoms with E-state index in [1.165, 1.54) is 12.1 Å². The first-order valence-corrected chi connectivity index (χ1v) is 7.70. The summed E-state index contributed by atoms with van der Waals surface area (Å²) in [7, 11) is 1.54. The predicted octanol–water partition coefficient (Wildman–Crippen LogP) is 3.29. The molecule has 0 spiro atoms. The molecule has 0 saturated carbocycles. The van der Waals surface area contributed by atoms with E-state index in [2.05, 4.69) is 15.8 Å². The van der Waals surface area contributed by atoms with Crippen LogP contribution in [0.2, 0.25) is 0 Å². The number of para-hydroxylation sites is 1. The third kappa shape index (κ3) is 5.89. The van der Waals surface area contributed by atoms with Crippen LogP contribution in [0.3, 0.4) is 0 Å². The van der Waals surface area contributed by atoms with Gasteiger partial charge in [0.15, 0.2) is 11.6 Å². The molecule has 0 aromatic heterocycles. The first kappa shape index (κ1) is 18.4. The number of hydrogen-bond donors (Lipinski definition) is 2. The molecule has 0 aliphatic rings. The smallest absolute Gasteiger partial charge is 0.335 e. The number of hydrogen-bond acceptors (Lipinski definition) is 4. The van der Waals surface area contributed by atoms with Gasteiger partial charge in [0, 0.05) is 19.2 Å². The van der Waals surface area contributed by atoms with Crippen LogP contribution in [0.1, 0.15) is 12.5 Å². The molecule has 0 radical (unpaired) electrons. The Morgan fingerprint density at radius 3 is 2.64 bits per heavy atom. The Morgan fingerprint density at radius 2 is 1.96 bits per heavy atom. The van der Waals surface area contributed by atoms with Crippen LogP contribution in [0.4, 0.5) is 9.18 Å². The van der Waals surface area contributed by atoms with Crippen molar-refractivity contribution in [2.24, 2.45) is 5.10 Å². The molecule has 7 heteroatoms. The number of halogens is 1. The Hall–Kier alpha value is -2.93. The summed E-state index contributed by atoms with van der Waals surface area (Å²) in [6.45, 7) is 2.45. The van der Waals surface area contributed by atoms with Crippen LogP contribution in [0, 0.1) is 5.82 Å². The number of nitrogens with one attached hydrogen (secondary N) is 2. The lowest BCUT2D eigenvalue weighted by molar-refractivity contribution is 0.196. The molecule has 0 heterocycles. The van der Waals surface area contributed by atoms with Gasteiger partial charge in [0.1, 0.15) is 5.75 Å². The van der Waals surface area contributed by atoms with E-state index in [4.69, 9.17) is 9.47 Å². The maximum Gasteiger partial charge on any atom is 0.335 e. The maximum absolute atomic E-state index is 14.2. The summed E-state index contributed by atoms with van der Waals surface area (Å²) in [5.74, 6) is 0.155. The van der Waals surface area contributed by atoms with Gasteiger partial charge in [-0.15, -0.1) is 0 Å². The fraction of sp³-hybridized carbons (Fsp3) is 0.222. The van der Waals surface area contributed by atoms with Crippen LogP contribution in [-0.4, -0.2) is 32.0 Å². The molecule has 2 N–H and O–H groups in total. The summed E-state index contributed by atoms with van der Waals surface area (Å²) in [5, 5.41) is 6.50. The van der Waals surface area contributed by atoms with Crippen LogP contribution in [0.25, 0.3) is 0 Å². The molecule has 6 nitrogen and oxygen atoms in total. The summed E-state index contributed by atoms with van der Waals surface area (Å²) < 4.78 is 24.5. The molecular weight excluding hydrogens is 325 g/mol. The molecule has 2 amide bonds. The molecule has 0 atom stereocenters. The normalized spacial score (nSPS) is 11.1. The van der Waals surface area contributed by atoms with Crippen LogP contribution < -0.4 is 15.5 Å². The quantitative estimate of drug-likeness (QED) is 0.459. The van der Waals surface area contributed by atoms with Gasteiger partial charge in [0.25, 0.3) is 0 Å². The monoisotopic (exact) mass is 345 g/mol. The number of amides is 2. The Balaban J connectivity index is 1.98. The highest BCUT2D eigenvalue weighted by Gasteiger charge is 2.08. The number of ether oxygens (including phenoxy) is 2. The van der Waals surface area contributed by atoms with E-state index in [0.717, 1.165) is 0 Å². The Kier molecular flexibility index (Phi) is 6.91. The standard InChI is InChI=1S/C18H20FN3O3/c1-13(21-22-18(23)20-10-11-24-2)14-8-9-17(16(19)12-14)25-15-6-4-3-5-7-15/h3-9,12H,10-11H2,1-2H3,(H2,20,22,23)/b21-13+. The minimum absolute atomic E-state index is 0.119. The highest BCUT2D eigenvalue weighted by Crippen LogP contribution is 2.25. The van der Waals surface area contributed by atoms with Crippen molar-refractivity contribution >= 4 is 11.7 Å². The van der Waals surface area contributed by atoms with Crippen molar-refractivity contribution < 1.29 is 18.7 Å². The molecule has 2 aromatic rings. The number of nitrogens with zero attached hydrogens (tertiary/aromatic N) is 1. The molecular formula is C18H20FN3O3. The van der Waals surface area contributed by atoms with Crippen LogP contribution in [0.15, 0.2) is 53.6 Å². The molecule has 0 saturated heterocycles. The largest absolute Gasteiger partial charge is 0.454 e. The first-order chi connectivity index (χ1) is 12.1. The fourth-order valence-electron chi connectivity index (χ4n) is 1.93. The van der Waals surface area contributed by atoms with Gasteiger partial charge in [-0.3, -0.25) is 0 Å². The SMILES string of the molecule is COCCNC(=O)N/N=C(\C)c1ccc(Oc2ccccc2)c(F)c1. The van der Waals surface area contributed by atoms with Crippen molar-refractivity contribution in [3.8, 4) is 11.5 Å². The second kappa shape index (κ2) is 9.39. The average Bonchev–Trinajstić information content (AvgIpc) is 2.62. The van der Waals surface area contributed by atoms with Gasteiger partial charge in [-0.2, -0.15) is 5.10 Å². The van der Waals surface area contributed by atoms with Gasteiger partial charge in [0.05, 0.1) is 12.3 Å². The maximum atomic E-state index is 14.2. The average molecular weight is 345 g/mol. The third-order valence-electron chi connectivity index (χ3n) is 3.24. The lowest BCUT2D eigenvalue weighted by atomic mass is 10.1. The van der Waals surface area contributed by atoms with E-state index in [1.54, 1.807) is 32.2 Å². The van der Waals surface area contributed by atoms with Crippen molar-refractivity contribution in [3.63, 3.8) is 0 Å². The van der Waals surface area contributed by atoms with Crippen LogP contribution >= 0.6 is 0 Å². The highest BCUT2D eigenvalue weighted by atomic mass is 19.1. The molecule has 0 aliphatic carbocycles. The number of methoxy groups -OCH3 is 1. The summed E-state index contributed by atoms with van der Waals surface area (Å²) in [6.07, 6.45) is 0. The number of carbonyl (C=O) groups is 1. The van der Waals surface area contributed by atoms with E-state index >= 15 is 0 Å². The minimum atomic E-state index is -0.513. The number of urea groups is 1. The Labute approximate surface area is 145 Å². The molecule has 0 aliphatic heterocycles. The van der Waals surface area contributed by atoms with Gasteiger partial charge in [-0.05, 0) is 37.3 Å². The van der Waals surface area contributed by atoms with E-state index in [9.17, 15) is 9.18 Å². The zero-order chi connectivity index (χ0) is 18.1. The molecule has 2 aromatic carbocycles. The van der Waals surface area contributed by atoms with E-state index < -0.39 is 11.8 Å². The predicted molar refractivity (Wildman–Crippen MR) is 93.5 cm³/mol. The zero-order valence-electron chi connectivity index (χ0n) is 14.1. The van der Waals surface area contributed by atoms with Crippen molar-refractivity contribution in [2.75, 3.05) is 20.3 Å². The zero-order valence-corrected chi connectivity index (χ0v) is 14.1. The molecule has 0 fully saturated rings. The van der Waals surface area contributed by atoms with Gasteiger partial charge < -0.3 is 14.8 Å². The highest BCUT2D eigenvalue weighted by molar-refractivity contribution is 5.99. The Morgan fingerprint density at radius 1 is 1.20 bits per heavy atom. The fourth-order valence-corrected chi connectivity index (χ4v) is 1.93. The lowest BCUT2D eigenvalue weighted by Crippen LogP contribution is -2.34. The summed E-state index contributed by atoms with van der Waals surface area (Å²) in [5.41, 5.74) is 3.34. The Bertz CT molecular complexity index is 736. The summed E-state index contributed by atoms with van der Waals surface area (Å²) >= 11 is 0. The van der Waals surface area contributed by atoms with Gasteiger partial charge in [-0.1, -0.05) is 18.2 Å². The van der Waals surface area contributed by atoms with Crippen LogP contribution in [-0.2, 0) is 4.74 Å². The second-order valence-corrected chi connectivity index (χ2v) is 5.12. The summed E-state index contributed by atoms with van der Waals surface area (Å²) in [4.78, 5) is 11.5. The lowest BCUT2D eigenvalue weighted by Gasteiger charge is -2.09. The van der Waals surface area contributed by atoms with Gasteiger partial charge in [-0.25, -0.2) is 14.6 Å². The van der Waals surface area contributed by atoms with E-state index in [1.807, 2.05) is 18.2 Å². The number of carbonyl (C=O) groups excluding carboxylic acids is 1. The summed E-state index contributed by atoms with van der Waals surface area (Å²) in [6, 6.07) is 13.0. The number of benzene rings is 2. The second-order valence-electron chi connectivity index (χ2n) is 5.12. The van der Waals surface area contributed by atoms with E-state index in [-0.39, 0.29) is 5.75 Å². The van der Waals surface area contributed by atoms with Crippen molar-refractivity contribution in [1.82, 2.24) is 10.7 Å². The number of hydrazone groups is 1. The number of rotatable bonds is 7. The molecule has 0 unspecified atom stereocenters. The molecule has 0 bridgehead atoms. The first-order valence-electron chi connectivity index (χ1n) is 7.70. The molecule has 25 heavy (non-hydrogen) atoms. The van der Waals surface area contributed by atoms with Crippen molar-refractivity contribution in [3.05, 3.63) is 59.9 Å².